The highest BCUT2D eigenvalue weighted by molar-refractivity contribution is 6.31. The predicted octanol–water partition coefficient (Wildman–Crippen LogP) is 1.55. The molecule has 4 nitrogen and oxygen atoms in total. The molecule has 1 aromatic carbocycles. The highest BCUT2D eigenvalue weighted by atomic mass is 35.5. The highest BCUT2D eigenvalue weighted by Crippen LogP contribution is 2.18. The van der Waals surface area contributed by atoms with Crippen LogP contribution in [0.25, 0.3) is 0 Å². The number of halogens is 1. The molecule has 0 saturated heterocycles. The molecule has 0 heterocycles. The van der Waals surface area contributed by atoms with Crippen LogP contribution in [0.2, 0.25) is 5.02 Å². The van der Waals surface area contributed by atoms with Gasteiger partial charge in [0.1, 0.15) is 6.54 Å². The van der Waals surface area contributed by atoms with Crippen LogP contribution in [0.4, 0.5) is 0 Å². The zero-order chi connectivity index (χ0) is 12.1. The van der Waals surface area contributed by atoms with E-state index in [1.165, 1.54) is 7.11 Å². The van der Waals surface area contributed by atoms with Crippen LogP contribution < -0.4 is 5.32 Å². The summed E-state index contributed by atoms with van der Waals surface area (Å²) in [5.41, 5.74) is 1.14. The first kappa shape index (κ1) is 12.5. The number of benzene rings is 1. The van der Waals surface area contributed by atoms with Gasteiger partial charge in [-0.2, -0.15) is 0 Å². The molecule has 5 heteroatoms. The average Bonchev–Trinajstić information content (AvgIpc) is 2.29. The standard InChI is InChI=1S/C11H12ClNO3/c1-7-8(4-3-5-9(7)12)11(15)13-6-10(14)16-2/h3-5H,6H2,1-2H3,(H,13,15). The third-order valence-electron chi connectivity index (χ3n) is 2.13. The SMILES string of the molecule is COC(=O)CNC(=O)c1cccc(Cl)c1C. The van der Waals surface area contributed by atoms with Crippen LogP contribution in [0.3, 0.4) is 0 Å². The summed E-state index contributed by atoms with van der Waals surface area (Å²) in [5.74, 6) is -0.835. The minimum atomic E-state index is -0.493. The van der Waals surface area contributed by atoms with Crippen LogP contribution in [-0.4, -0.2) is 25.5 Å². The molecule has 0 radical (unpaired) electrons. The second-order valence-corrected chi connectivity index (χ2v) is 3.58. The third kappa shape index (κ3) is 2.97. The molecule has 0 aliphatic carbocycles. The lowest BCUT2D eigenvalue weighted by atomic mass is 10.1. The first-order valence-corrected chi connectivity index (χ1v) is 5.04. The Morgan fingerprint density at radius 2 is 2.12 bits per heavy atom. The van der Waals surface area contributed by atoms with Crippen molar-refractivity contribution in [2.24, 2.45) is 0 Å². The van der Waals surface area contributed by atoms with E-state index in [9.17, 15) is 9.59 Å². The molecule has 1 rings (SSSR count). The van der Waals surface area contributed by atoms with Gasteiger partial charge in [-0.1, -0.05) is 17.7 Å². The van der Waals surface area contributed by atoms with Gasteiger partial charge in [0.15, 0.2) is 0 Å². The molecule has 1 N–H and O–H groups in total. The zero-order valence-electron chi connectivity index (χ0n) is 9.04. The fourth-order valence-corrected chi connectivity index (χ4v) is 1.35. The molecule has 0 aliphatic rings. The lowest BCUT2D eigenvalue weighted by Crippen LogP contribution is -2.30. The number of methoxy groups -OCH3 is 1. The van der Waals surface area contributed by atoms with Crippen LogP contribution in [0.1, 0.15) is 15.9 Å². The first-order valence-electron chi connectivity index (χ1n) is 4.66. The lowest BCUT2D eigenvalue weighted by Gasteiger charge is -2.07. The van der Waals surface area contributed by atoms with Gasteiger partial charge < -0.3 is 10.1 Å². The molecule has 0 spiro atoms. The lowest BCUT2D eigenvalue weighted by molar-refractivity contribution is -0.139. The van der Waals surface area contributed by atoms with E-state index in [0.29, 0.717) is 16.1 Å². The number of hydrogen-bond donors (Lipinski definition) is 1. The summed E-state index contributed by atoms with van der Waals surface area (Å²) in [6.45, 7) is 1.59. The Kier molecular flexibility index (Phi) is 4.31. The van der Waals surface area contributed by atoms with Gasteiger partial charge in [0.2, 0.25) is 0 Å². The minimum Gasteiger partial charge on any atom is -0.468 e. The fraction of sp³-hybridized carbons (Fsp3) is 0.273. The summed E-state index contributed by atoms with van der Waals surface area (Å²) >= 11 is 5.88. The average molecular weight is 242 g/mol. The maximum atomic E-state index is 11.7. The number of nitrogens with one attached hydrogen (secondary N) is 1. The van der Waals surface area contributed by atoms with Crippen molar-refractivity contribution in [3.63, 3.8) is 0 Å². The molecule has 16 heavy (non-hydrogen) atoms. The van der Waals surface area contributed by atoms with Crippen LogP contribution in [-0.2, 0) is 9.53 Å². The van der Waals surface area contributed by atoms with Gasteiger partial charge >= 0.3 is 5.97 Å². The van der Waals surface area contributed by atoms with E-state index in [-0.39, 0.29) is 12.5 Å². The Hall–Kier alpha value is -1.55. The van der Waals surface area contributed by atoms with Crippen LogP contribution in [0, 0.1) is 6.92 Å². The number of carbonyl (C=O) groups excluding carboxylic acids is 2. The summed E-state index contributed by atoms with van der Waals surface area (Å²) in [5, 5.41) is 2.96. The quantitative estimate of drug-likeness (QED) is 0.817. The molecule has 0 atom stereocenters. The normalized spacial score (nSPS) is 9.69. The first-order chi connectivity index (χ1) is 7.56. The van der Waals surface area contributed by atoms with Gasteiger partial charge in [-0.15, -0.1) is 0 Å². The van der Waals surface area contributed by atoms with Crippen LogP contribution >= 0.6 is 11.6 Å². The number of ether oxygens (including phenoxy) is 1. The fourth-order valence-electron chi connectivity index (χ4n) is 1.17. The summed E-state index contributed by atoms with van der Waals surface area (Å²) in [4.78, 5) is 22.5. The molecular formula is C11H12ClNO3. The number of amides is 1. The summed E-state index contributed by atoms with van der Waals surface area (Å²) in [7, 11) is 1.26. The monoisotopic (exact) mass is 241 g/mol. The van der Waals surface area contributed by atoms with E-state index in [1.54, 1.807) is 25.1 Å². The molecule has 1 amide bonds. The van der Waals surface area contributed by atoms with Crippen molar-refractivity contribution >= 4 is 23.5 Å². The molecule has 0 unspecified atom stereocenters. The van der Waals surface area contributed by atoms with Crippen molar-refractivity contribution in [3.05, 3.63) is 34.3 Å². The molecule has 0 aliphatic heterocycles. The van der Waals surface area contributed by atoms with Crippen molar-refractivity contribution in [2.75, 3.05) is 13.7 Å². The molecular weight excluding hydrogens is 230 g/mol. The van der Waals surface area contributed by atoms with Crippen molar-refractivity contribution in [2.45, 2.75) is 6.92 Å². The van der Waals surface area contributed by atoms with Gasteiger partial charge in [0, 0.05) is 10.6 Å². The molecule has 0 aromatic heterocycles. The number of rotatable bonds is 3. The highest BCUT2D eigenvalue weighted by Gasteiger charge is 2.11. The number of carbonyl (C=O) groups is 2. The second kappa shape index (κ2) is 5.51. The van der Waals surface area contributed by atoms with Crippen molar-refractivity contribution < 1.29 is 14.3 Å². The molecule has 86 valence electrons. The Bertz CT molecular complexity index is 418. The van der Waals surface area contributed by atoms with Crippen LogP contribution in [0.5, 0.6) is 0 Å². The van der Waals surface area contributed by atoms with E-state index in [0.717, 1.165) is 0 Å². The van der Waals surface area contributed by atoms with E-state index >= 15 is 0 Å². The second-order valence-electron chi connectivity index (χ2n) is 3.17. The van der Waals surface area contributed by atoms with Gasteiger partial charge in [-0.3, -0.25) is 9.59 Å². The smallest absolute Gasteiger partial charge is 0.325 e. The van der Waals surface area contributed by atoms with E-state index in [4.69, 9.17) is 11.6 Å². The largest absolute Gasteiger partial charge is 0.468 e. The third-order valence-corrected chi connectivity index (χ3v) is 2.54. The van der Waals surface area contributed by atoms with E-state index in [2.05, 4.69) is 10.1 Å². The van der Waals surface area contributed by atoms with Crippen LogP contribution in [0.15, 0.2) is 18.2 Å². The van der Waals surface area contributed by atoms with E-state index < -0.39 is 5.97 Å². The maximum absolute atomic E-state index is 11.7. The summed E-state index contributed by atoms with van der Waals surface area (Å²) in [6.07, 6.45) is 0. The van der Waals surface area contributed by atoms with Gasteiger partial charge in [-0.25, -0.2) is 0 Å². The maximum Gasteiger partial charge on any atom is 0.325 e. The molecule has 1 aromatic rings. The van der Waals surface area contributed by atoms with E-state index in [1.807, 2.05) is 0 Å². The topological polar surface area (TPSA) is 55.4 Å². The predicted molar refractivity (Wildman–Crippen MR) is 60.5 cm³/mol. The molecule has 0 bridgehead atoms. The molecule has 0 saturated carbocycles. The van der Waals surface area contributed by atoms with Gasteiger partial charge in [0.05, 0.1) is 7.11 Å². The van der Waals surface area contributed by atoms with Gasteiger partial charge in [0.25, 0.3) is 5.91 Å². The zero-order valence-corrected chi connectivity index (χ0v) is 9.80. The van der Waals surface area contributed by atoms with Gasteiger partial charge in [-0.05, 0) is 24.6 Å². The number of esters is 1. The van der Waals surface area contributed by atoms with Crippen molar-refractivity contribution in [1.29, 1.82) is 0 Å². The van der Waals surface area contributed by atoms with Crippen molar-refractivity contribution in [1.82, 2.24) is 5.32 Å². The Balaban J connectivity index is 2.74. The Labute approximate surface area is 98.5 Å². The molecule has 0 fully saturated rings. The van der Waals surface area contributed by atoms with Crippen molar-refractivity contribution in [3.8, 4) is 0 Å². The number of hydrogen-bond acceptors (Lipinski definition) is 3. The summed E-state index contributed by atoms with van der Waals surface area (Å²) < 4.78 is 4.41. The summed E-state index contributed by atoms with van der Waals surface area (Å²) in [6, 6.07) is 5.03. The Morgan fingerprint density at radius 1 is 1.44 bits per heavy atom. The minimum absolute atomic E-state index is 0.152. The Morgan fingerprint density at radius 3 is 2.75 bits per heavy atom.